The maximum Gasteiger partial charge on any atom is 0.134 e. The van der Waals surface area contributed by atoms with E-state index in [9.17, 15) is 4.79 Å². The summed E-state index contributed by atoms with van der Waals surface area (Å²) in [5, 5.41) is 3.47. The van der Waals surface area contributed by atoms with E-state index in [0.717, 1.165) is 25.2 Å². The summed E-state index contributed by atoms with van der Waals surface area (Å²) in [4.78, 5) is 11.1. The molecule has 1 heterocycles. The highest BCUT2D eigenvalue weighted by Gasteiger charge is 2.35. The van der Waals surface area contributed by atoms with Crippen LogP contribution in [0.2, 0.25) is 0 Å². The Kier molecular flexibility index (Phi) is 1.72. The van der Waals surface area contributed by atoms with Crippen LogP contribution in [-0.2, 0) is 4.79 Å². The third kappa shape index (κ3) is 1.32. The summed E-state index contributed by atoms with van der Waals surface area (Å²) in [5.41, 5.74) is 0. The van der Waals surface area contributed by atoms with Crippen LogP contribution < -0.4 is 5.32 Å². The molecule has 0 spiro atoms. The monoisotopic (exact) mass is 153 g/mol. The van der Waals surface area contributed by atoms with E-state index in [1.165, 1.54) is 6.42 Å². The number of hydrogen-bond acceptors (Lipinski definition) is 2. The molecule has 0 bridgehead atoms. The average molecular weight is 153 g/mol. The van der Waals surface area contributed by atoms with E-state index in [4.69, 9.17) is 0 Å². The Hall–Kier alpha value is -0.370. The first-order valence-electron chi connectivity index (χ1n) is 4.53. The minimum Gasteiger partial charge on any atom is -0.311 e. The average Bonchev–Trinajstić information content (AvgIpc) is 2.27. The molecule has 1 aliphatic heterocycles. The van der Waals surface area contributed by atoms with Gasteiger partial charge in [-0.15, -0.1) is 0 Å². The standard InChI is InChI=1S/C9H15NO/c1-6-4-7-2-3-8(11)5-9(7)10-6/h6-7,9-10H,2-5H2,1H3. The van der Waals surface area contributed by atoms with Gasteiger partial charge in [-0.2, -0.15) is 0 Å². The van der Waals surface area contributed by atoms with Crippen molar-refractivity contribution in [3.8, 4) is 0 Å². The highest BCUT2D eigenvalue weighted by atomic mass is 16.1. The van der Waals surface area contributed by atoms with Gasteiger partial charge in [0.2, 0.25) is 0 Å². The van der Waals surface area contributed by atoms with Crippen molar-refractivity contribution in [1.29, 1.82) is 0 Å². The molecule has 62 valence electrons. The molecule has 2 fully saturated rings. The van der Waals surface area contributed by atoms with Gasteiger partial charge in [-0.25, -0.2) is 0 Å². The van der Waals surface area contributed by atoms with E-state index >= 15 is 0 Å². The molecule has 0 aromatic carbocycles. The van der Waals surface area contributed by atoms with Crippen molar-refractivity contribution in [3.05, 3.63) is 0 Å². The molecule has 11 heavy (non-hydrogen) atoms. The molecule has 3 atom stereocenters. The van der Waals surface area contributed by atoms with Crippen LogP contribution in [0.5, 0.6) is 0 Å². The molecule has 2 nitrogen and oxygen atoms in total. The lowest BCUT2D eigenvalue weighted by atomic mass is 9.84. The zero-order valence-electron chi connectivity index (χ0n) is 6.97. The van der Waals surface area contributed by atoms with Gasteiger partial charge in [-0.3, -0.25) is 4.79 Å². The van der Waals surface area contributed by atoms with E-state index in [2.05, 4.69) is 12.2 Å². The lowest BCUT2D eigenvalue weighted by Gasteiger charge is -2.23. The fraction of sp³-hybridized carbons (Fsp3) is 0.889. The van der Waals surface area contributed by atoms with Crippen molar-refractivity contribution >= 4 is 5.78 Å². The predicted octanol–water partition coefficient (Wildman–Crippen LogP) is 1.11. The molecule has 2 aliphatic rings. The van der Waals surface area contributed by atoms with Gasteiger partial charge in [-0.05, 0) is 25.7 Å². The molecule has 1 aliphatic carbocycles. The molecule has 1 saturated heterocycles. The lowest BCUT2D eigenvalue weighted by Crippen LogP contribution is -2.35. The van der Waals surface area contributed by atoms with E-state index < -0.39 is 0 Å². The molecule has 2 heteroatoms. The summed E-state index contributed by atoms with van der Waals surface area (Å²) >= 11 is 0. The summed E-state index contributed by atoms with van der Waals surface area (Å²) in [6, 6.07) is 1.15. The summed E-state index contributed by atoms with van der Waals surface area (Å²) in [6.07, 6.45) is 4.02. The van der Waals surface area contributed by atoms with Crippen LogP contribution in [0.1, 0.15) is 32.6 Å². The second kappa shape index (κ2) is 2.59. The molecule has 1 N–H and O–H groups in total. The molecule has 0 aromatic rings. The Morgan fingerprint density at radius 3 is 3.18 bits per heavy atom. The van der Waals surface area contributed by atoms with Crippen LogP contribution in [0.3, 0.4) is 0 Å². The maximum absolute atomic E-state index is 11.1. The Balaban J connectivity index is 2.02. The Bertz CT molecular complexity index is 178. The highest BCUT2D eigenvalue weighted by Crippen LogP contribution is 2.31. The van der Waals surface area contributed by atoms with Gasteiger partial charge in [0, 0.05) is 24.9 Å². The predicted molar refractivity (Wildman–Crippen MR) is 43.4 cm³/mol. The first-order chi connectivity index (χ1) is 5.25. The van der Waals surface area contributed by atoms with Gasteiger partial charge in [-0.1, -0.05) is 0 Å². The molecular formula is C9H15NO. The van der Waals surface area contributed by atoms with E-state index in [1.54, 1.807) is 0 Å². The van der Waals surface area contributed by atoms with Gasteiger partial charge in [0.05, 0.1) is 0 Å². The third-order valence-electron chi connectivity index (χ3n) is 2.97. The second-order valence-corrected chi connectivity index (χ2v) is 3.95. The zero-order valence-corrected chi connectivity index (χ0v) is 6.97. The Labute approximate surface area is 67.4 Å². The molecule has 1 saturated carbocycles. The van der Waals surface area contributed by atoms with Crippen LogP contribution in [0.15, 0.2) is 0 Å². The van der Waals surface area contributed by atoms with Crippen molar-refractivity contribution in [2.24, 2.45) is 5.92 Å². The molecular weight excluding hydrogens is 138 g/mol. The largest absolute Gasteiger partial charge is 0.311 e. The lowest BCUT2D eigenvalue weighted by molar-refractivity contribution is -0.121. The molecule has 0 aromatic heterocycles. The summed E-state index contributed by atoms with van der Waals surface area (Å²) in [5.74, 6) is 1.25. The number of carbonyl (C=O) groups excluding carboxylic acids is 1. The Morgan fingerprint density at radius 2 is 2.36 bits per heavy atom. The van der Waals surface area contributed by atoms with Crippen molar-refractivity contribution in [2.45, 2.75) is 44.7 Å². The molecule has 0 radical (unpaired) electrons. The Morgan fingerprint density at radius 1 is 1.55 bits per heavy atom. The van der Waals surface area contributed by atoms with Crippen molar-refractivity contribution < 1.29 is 4.79 Å². The fourth-order valence-electron chi connectivity index (χ4n) is 2.43. The first-order valence-corrected chi connectivity index (χ1v) is 4.53. The highest BCUT2D eigenvalue weighted by molar-refractivity contribution is 5.80. The van der Waals surface area contributed by atoms with Gasteiger partial charge >= 0.3 is 0 Å². The van der Waals surface area contributed by atoms with Crippen LogP contribution >= 0.6 is 0 Å². The number of nitrogens with one attached hydrogen (secondary N) is 1. The zero-order chi connectivity index (χ0) is 7.84. The number of carbonyl (C=O) groups is 1. The summed E-state index contributed by atoms with van der Waals surface area (Å²) in [6.45, 7) is 2.21. The smallest absolute Gasteiger partial charge is 0.134 e. The fourth-order valence-corrected chi connectivity index (χ4v) is 2.43. The number of fused-ring (bicyclic) bond motifs is 1. The van der Waals surface area contributed by atoms with Gasteiger partial charge in [0.1, 0.15) is 5.78 Å². The van der Waals surface area contributed by atoms with Gasteiger partial charge in [0.25, 0.3) is 0 Å². The first kappa shape index (κ1) is 7.29. The minimum absolute atomic E-state index is 0.452. The molecule has 3 unspecified atom stereocenters. The van der Waals surface area contributed by atoms with Crippen molar-refractivity contribution in [3.63, 3.8) is 0 Å². The van der Waals surface area contributed by atoms with Crippen LogP contribution in [0.25, 0.3) is 0 Å². The van der Waals surface area contributed by atoms with E-state index in [-0.39, 0.29) is 0 Å². The van der Waals surface area contributed by atoms with Crippen LogP contribution in [-0.4, -0.2) is 17.9 Å². The topological polar surface area (TPSA) is 29.1 Å². The number of ketones is 1. The normalized spacial score (nSPS) is 44.1. The number of Topliss-reactive ketones (excluding diaryl/α,β-unsaturated/α-hetero) is 1. The molecule has 2 rings (SSSR count). The third-order valence-corrected chi connectivity index (χ3v) is 2.97. The summed E-state index contributed by atoms with van der Waals surface area (Å²) < 4.78 is 0. The summed E-state index contributed by atoms with van der Waals surface area (Å²) in [7, 11) is 0. The van der Waals surface area contributed by atoms with Crippen molar-refractivity contribution in [2.75, 3.05) is 0 Å². The van der Waals surface area contributed by atoms with Crippen LogP contribution in [0.4, 0.5) is 0 Å². The maximum atomic E-state index is 11.1. The van der Waals surface area contributed by atoms with E-state index in [1.807, 2.05) is 0 Å². The second-order valence-electron chi connectivity index (χ2n) is 3.95. The van der Waals surface area contributed by atoms with Crippen molar-refractivity contribution in [1.82, 2.24) is 5.32 Å². The van der Waals surface area contributed by atoms with E-state index in [0.29, 0.717) is 17.9 Å². The van der Waals surface area contributed by atoms with Crippen LogP contribution in [0, 0.1) is 5.92 Å². The SMILES string of the molecule is CC1CC2CCC(=O)CC2N1. The number of rotatable bonds is 0. The molecule has 0 amide bonds. The quantitative estimate of drug-likeness (QED) is 0.564. The van der Waals surface area contributed by atoms with Gasteiger partial charge in [0.15, 0.2) is 0 Å². The minimum atomic E-state index is 0.452. The van der Waals surface area contributed by atoms with Gasteiger partial charge < -0.3 is 5.32 Å². The number of hydrogen-bond donors (Lipinski definition) is 1.